The molecular weight excluding hydrogens is 387 g/mol. The highest BCUT2D eigenvalue weighted by atomic mass is 35.5. The van der Waals surface area contributed by atoms with Crippen LogP contribution in [-0.4, -0.2) is 56.5 Å². The summed E-state index contributed by atoms with van der Waals surface area (Å²) in [4.78, 5) is 18.0. The van der Waals surface area contributed by atoms with Crippen molar-refractivity contribution in [3.8, 4) is 11.4 Å². The number of H-pyrrole nitrogens is 1. The predicted octanol–water partition coefficient (Wildman–Crippen LogP) is 2.48. The van der Waals surface area contributed by atoms with Crippen LogP contribution < -0.4 is 0 Å². The van der Waals surface area contributed by atoms with Crippen molar-refractivity contribution in [2.45, 2.75) is 25.2 Å². The van der Waals surface area contributed by atoms with Crippen molar-refractivity contribution in [2.75, 3.05) is 13.7 Å². The van der Waals surface area contributed by atoms with Crippen molar-refractivity contribution in [3.63, 3.8) is 0 Å². The average Bonchev–Trinajstić information content (AvgIpc) is 3.10. The molecule has 25 heavy (non-hydrogen) atoms. The SMILES string of the molecule is COC(=O)[C@@H]1C[C@@H](O)CN1Cn1[nH]c(-c2ccc(Cl)cc2Cl)nc1=S. The molecule has 0 radical (unpaired) electrons. The minimum Gasteiger partial charge on any atom is -0.468 e. The number of hydrogen-bond donors (Lipinski definition) is 2. The number of halogens is 2. The lowest BCUT2D eigenvalue weighted by Crippen LogP contribution is -2.38. The molecule has 10 heteroatoms. The molecule has 1 fully saturated rings. The Bertz CT molecular complexity index is 854. The smallest absolute Gasteiger partial charge is 0.323 e. The van der Waals surface area contributed by atoms with Gasteiger partial charge in [0.25, 0.3) is 0 Å². The maximum absolute atomic E-state index is 11.9. The Kier molecular flexibility index (Phi) is 5.45. The van der Waals surface area contributed by atoms with Crippen molar-refractivity contribution < 1.29 is 14.6 Å². The standard InChI is InChI=1S/C15H16Cl2N4O3S/c1-24-14(23)12-5-9(22)6-20(12)7-21-15(25)18-13(19-21)10-3-2-8(16)4-11(10)17/h2-4,9,12,22H,5-7H2,1H3,(H,18,19,25)/t9-,12+/m1/s1. The lowest BCUT2D eigenvalue weighted by Gasteiger charge is -2.21. The number of aliphatic hydroxyl groups is 1. The first-order valence-corrected chi connectivity index (χ1v) is 8.67. The first-order valence-electron chi connectivity index (χ1n) is 7.51. The molecule has 2 heterocycles. The fourth-order valence-corrected chi connectivity index (χ4v) is 3.55. The Morgan fingerprint density at radius 3 is 2.96 bits per heavy atom. The first-order chi connectivity index (χ1) is 11.9. The number of nitrogens with zero attached hydrogens (tertiary/aromatic N) is 3. The number of ether oxygens (including phenoxy) is 1. The van der Waals surface area contributed by atoms with Gasteiger partial charge >= 0.3 is 5.97 Å². The Labute approximate surface area is 159 Å². The van der Waals surface area contributed by atoms with E-state index in [1.54, 1.807) is 27.8 Å². The molecule has 2 aromatic rings. The van der Waals surface area contributed by atoms with Gasteiger partial charge in [-0.25, -0.2) is 4.68 Å². The number of carbonyl (C=O) groups excluding carboxylic acids is 1. The molecule has 0 spiro atoms. The molecule has 2 N–H and O–H groups in total. The number of benzene rings is 1. The Morgan fingerprint density at radius 1 is 1.52 bits per heavy atom. The molecule has 0 saturated carbocycles. The quantitative estimate of drug-likeness (QED) is 0.603. The second-order valence-corrected chi connectivity index (χ2v) is 6.96. The normalized spacial score (nSPS) is 20.8. The molecule has 7 nitrogen and oxygen atoms in total. The van der Waals surface area contributed by atoms with E-state index < -0.39 is 12.1 Å². The molecule has 3 rings (SSSR count). The van der Waals surface area contributed by atoms with Crippen LogP contribution in [0.25, 0.3) is 11.4 Å². The van der Waals surface area contributed by atoms with E-state index in [-0.39, 0.29) is 12.6 Å². The van der Waals surface area contributed by atoms with Crippen molar-refractivity contribution >= 4 is 41.4 Å². The highest BCUT2D eigenvalue weighted by Gasteiger charge is 2.37. The summed E-state index contributed by atoms with van der Waals surface area (Å²) in [5, 5.41) is 13.9. The molecule has 2 atom stereocenters. The Hall–Kier alpha value is -1.45. The monoisotopic (exact) mass is 402 g/mol. The van der Waals surface area contributed by atoms with E-state index in [0.717, 1.165) is 0 Å². The highest BCUT2D eigenvalue weighted by molar-refractivity contribution is 7.71. The number of aliphatic hydroxyl groups excluding tert-OH is 1. The Balaban J connectivity index is 1.85. The maximum Gasteiger partial charge on any atom is 0.323 e. The minimum atomic E-state index is -0.591. The summed E-state index contributed by atoms with van der Waals surface area (Å²) >= 11 is 17.4. The fourth-order valence-electron chi connectivity index (χ4n) is 2.85. The van der Waals surface area contributed by atoms with Gasteiger partial charge in [-0.15, -0.1) is 0 Å². The van der Waals surface area contributed by atoms with Gasteiger partial charge in [0, 0.05) is 23.6 Å². The summed E-state index contributed by atoms with van der Waals surface area (Å²) in [6.07, 6.45) is -0.268. The number of hydrogen-bond acceptors (Lipinski definition) is 6. The van der Waals surface area contributed by atoms with Crippen molar-refractivity contribution in [3.05, 3.63) is 33.0 Å². The summed E-state index contributed by atoms with van der Waals surface area (Å²) in [6.45, 7) is 0.617. The molecular formula is C15H16Cl2N4O3S. The van der Waals surface area contributed by atoms with Gasteiger partial charge in [-0.2, -0.15) is 4.98 Å². The molecule has 134 valence electrons. The number of aromatic amines is 1. The van der Waals surface area contributed by atoms with Gasteiger partial charge in [-0.3, -0.25) is 14.8 Å². The average molecular weight is 403 g/mol. The third kappa shape index (κ3) is 3.88. The van der Waals surface area contributed by atoms with E-state index in [0.29, 0.717) is 39.2 Å². The number of esters is 1. The van der Waals surface area contributed by atoms with Crippen molar-refractivity contribution in [1.82, 2.24) is 19.7 Å². The maximum atomic E-state index is 11.9. The van der Waals surface area contributed by atoms with Crippen molar-refractivity contribution in [1.29, 1.82) is 0 Å². The highest BCUT2D eigenvalue weighted by Crippen LogP contribution is 2.28. The van der Waals surface area contributed by atoms with Gasteiger partial charge < -0.3 is 9.84 Å². The zero-order valence-electron chi connectivity index (χ0n) is 13.3. The van der Waals surface area contributed by atoms with Crippen molar-refractivity contribution in [2.24, 2.45) is 0 Å². The first kappa shape index (κ1) is 18.3. The molecule has 1 aromatic carbocycles. The van der Waals surface area contributed by atoms with E-state index in [1.807, 2.05) is 0 Å². The number of nitrogens with one attached hydrogen (secondary N) is 1. The van der Waals surface area contributed by atoms with E-state index in [2.05, 4.69) is 10.1 Å². The van der Waals surface area contributed by atoms with Gasteiger partial charge in [0.05, 0.1) is 24.9 Å². The van der Waals surface area contributed by atoms with Gasteiger partial charge in [0.1, 0.15) is 6.04 Å². The molecule has 0 aliphatic carbocycles. The van der Waals surface area contributed by atoms with Gasteiger partial charge in [-0.05, 0) is 30.4 Å². The molecule has 1 aliphatic rings. The fraction of sp³-hybridized carbons (Fsp3) is 0.400. The summed E-state index contributed by atoms with van der Waals surface area (Å²) < 4.78 is 6.73. The van der Waals surface area contributed by atoms with Gasteiger partial charge in [0.15, 0.2) is 5.82 Å². The van der Waals surface area contributed by atoms with Crippen LogP contribution in [0.15, 0.2) is 18.2 Å². The van der Waals surface area contributed by atoms with Crippen LogP contribution in [-0.2, 0) is 16.2 Å². The van der Waals surface area contributed by atoms with Gasteiger partial charge in [0.2, 0.25) is 4.77 Å². The van der Waals surface area contributed by atoms with Crippen LogP contribution >= 0.6 is 35.4 Å². The summed E-state index contributed by atoms with van der Waals surface area (Å²) in [5.74, 6) is 0.115. The third-order valence-corrected chi connectivity index (χ3v) is 4.90. The van der Waals surface area contributed by atoms with E-state index in [4.69, 9.17) is 40.2 Å². The number of likely N-dealkylation sites (tertiary alicyclic amines) is 1. The van der Waals surface area contributed by atoms with Crippen LogP contribution in [0.2, 0.25) is 10.0 Å². The number of rotatable bonds is 4. The molecule has 1 aliphatic heterocycles. The third-order valence-electron chi connectivity index (χ3n) is 4.04. The Morgan fingerprint density at radius 2 is 2.28 bits per heavy atom. The topological polar surface area (TPSA) is 83.4 Å². The summed E-state index contributed by atoms with van der Waals surface area (Å²) in [6, 6.07) is 4.56. The number of methoxy groups -OCH3 is 1. The largest absolute Gasteiger partial charge is 0.468 e. The predicted molar refractivity (Wildman–Crippen MR) is 96.0 cm³/mol. The second kappa shape index (κ2) is 7.43. The number of aromatic nitrogens is 3. The van der Waals surface area contributed by atoms with Gasteiger partial charge in [-0.1, -0.05) is 23.2 Å². The molecule has 1 saturated heterocycles. The summed E-state index contributed by atoms with van der Waals surface area (Å²) in [7, 11) is 1.33. The van der Waals surface area contributed by atoms with Crippen LogP contribution in [0.3, 0.4) is 0 Å². The van der Waals surface area contributed by atoms with E-state index >= 15 is 0 Å². The lowest BCUT2D eigenvalue weighted by atomic mass is 10.2. The second-order valence-electron chi connectivity index (χ2n) is 5.75. The van der Waals surface area contributed by atoms with Crippen LogP contribution in [0.1, 0.15) is 6.42 Å². The minimum absolute atomic E-state index is 0.272. The van der Waals surface area contributed by atoms with Crippen LogP contribution in [0, 0.1) is 4.77 Å². The van der Waals surface area contributed by atoms with E-state index in [1.165, 1.54) is 7.11 Å². The molecule has 0 amide bonds. The lowest BCUT2D eigenvalue weighted by molar-refractivity contribution is -0.146. The zero-order valence-corrected chi connectivity index (χ0v) is 15.6. The van der Waals surface area contributed by atoms with E-state index in [9.17, 15) is 9.90 Å². The zero-order chi connectivity index (χ0) is 18.1. The van der Waals surface area contributed by atoms with Crippen LogP contribution in [0.5, 0.6) is 0 Å². The number of carbonyl (C=O) groups is 1. The number of β-amino-alcohol motifs (C(OH)–C–C–N with tert-alkyl or cyclic N) is 1. The van der Waals surface area contributed by atoms with Crippen LogP contribution in [0.4, 0.5) is 0 Å². The molecule has 1 aromatic heterocycles. The summed E-state index contributed by atoms with van der Waals surface area (Å²) in [5.41, 5.74) is 0.668. The molecule has 0 unspecified atom stereocenters. The molecule has 0 bridgehead atoms.